The zero-order valence-corrected chi connectivity index (χ0v) is 11.1. The minimum absolute atomic E-state index is 0.440. The highest BCUT2D eigenvalue weighted by Gasteiger charge is 2.17. The van der Waals surface area contributed by atoms with E-state index in [0.29, 0.717) is 11.1 Å². The molecule has 96 valence electrons. The van der Waals surface area contributed by atoms with Crippen LogP contribution in [-0.2, 0) is 6.42 Å². The molecule has 0 aromatic heterocycles. The van der Waals surface area contributed by atoms with Crippen molar-refractivity contribution < 1.29 is 9.59 Å². The largest absolute Gasteiger partial charge is 0.285 e. The predicted octanol–water partition coefficient (Wildman–Crippen LogP) is 3.62. The van der Waals surface area contributed by atoms with E-state index >= 15 is 0 Å². The summed E-state index contributed by atoms with van der Waals surface area (Å²) in [4.78, 5) is 24.1. The van der Waals surface area contributed by atoms with Gasteiger partial charge in [0.05, 0.1) is 0 Å². The standard InChI is InChI=1S/C17H16O2/c1-3-13-6-10-15(11-7-13)17(19)16(18)14-8-4-12(2)5-9-14/h4-11H,3H2,1-2H3. The van der Waals surface area contributed by atoms with Crippen LogP contribution in [0.4, 0.5) is 0 Å². The van der Waals surface area contributed by atoms with Gasteiger partial charge in [-0.3, -0.25) is 9.59 Å². The number of hydrogen-bond acceptors (Lipinski definition) is 2. The maximum absolute atomic E-state index is 12.1. The van der Waals surface area contributed by atoms with Crippen molar-refractivity contribution in [3.8, 4) is 0 Å². The highest BCUT2D eigenvalue weighted by Crippen LogP contribution is 2.11. The van der Waals surface area contributed by atoms with Gasteiger partial charge in [-0.2, -0.15) is 0 Å². The third-order valence-electron chi connectivity index (χ3n) is 3.14. The molecule has 0 atom stereocenters. The number of carbonyl (C=O) groups excluding carboxylic acids is 2. The van der Waals surface area contributed by atoms with Crippen molar-refractivity contribution in [3.05, 3.63) is 70.8 Å². The molecule has 19 heavy (non-hydrogen) atoms. The fraction of sp³-hybridized carbons (Fsp3) is 0.176. The van der Waals surface area contributed by atoms with E-state index in [1.54, 1.807) is 24.3 Å². The van der Waals surface area contributed by atoms with Crippen LogP contribution < -0.4 is 0 Å². The van der Waals surface area contributed by atoms with Crippen LogP contribution in [0.3, 0.4) is 0 Å². The summed E-state index contributed by atoms with van der Waals surface area (Å²) in [6.45, 7) is 3.99. The molecule has 0 saturated heterocycles. The van der Waals surface area contributed by atoms with Gasteiger partial charge in [-0.15, -0.1) is 0 Å². The van der Waals surface area contributed by atoms with E-state index in [2.05, 4.69) is 0 Å². The second-order valence-electron chi connectivity index (χ2n) is 4.57. The maximum Gasteiger partial charge on any atom is 0.233 e. The monoisotopic (exact) mass is 252 g/mol. The summed E-state index contributed by atoms with van der Waals surface area (Å²) in [5.74, 6) is -0.907. The van der Waals surface area contributed by atoms with Crippen molar-refractivity contribution in [2.45, 2.75) is 20.3 Å². The van der Waals surface area contributed by atoms with Gasteiger partial charge in [0.1, 0.15) is 0 Å². The normalized spacial score (nSPS) is 10.2. The molecule has 0 spiro atoms. The van der Waals surface area contributed by atoms with Gasteiger partial charge in [0.15, 0.2) is 0 Å². The van der Waals surface area contributed by atoms with Crippen molar-refractivity contribution in [3.63, 3.8) is 0 Å². The zero-order valence-electron chi connectivity index (χ0n) is 11.1. The van der Waals surface area contributed by atoms with Crippen LogP contribution in [0.1, 0.15) is 38.8 Å². The fourth-order valence-electron chi connectivity index (χ4n) is 1.86. The Balaban J connectivity index is 2.23. The molecule has 0 fully saturated rings. The summed E-state index contributed by atoms with van der Waals surface area (Å²) < 4.78 is 0. The molecule has 0 radical (unpaired) electrons. The Kier molecular flexibility index (Phi) is 3.91. The second kappa shape index (κ2) is 5.61. The Bertz CT molecular complexity index is 592. The van der Waals surface area contributed by atoms with Gasteiger partial charge in [-0.25, -0.2) is 0 Å². The highest BCUT2D eigenvalue weighted by atomic mass is 16.2. The number of rotatable bonds is 4. The first-order valence-electron chi connectivity index (χ1n) is 6.36. The molecule has 0 heterocycles. The van der Waals surface area contributed by atoms with Crippen molar-refractivity contribution >= 4 is 11.6 Å². The molecule has 0 aliphatic carbocycles. The quantitative estimate of drug-likeness (QED) is 0.615. The first-order chi connectivity index (χ1) is 9.11. The zero-order chi connectivity index (χ0) is 13.8. The maximum atomic E-state index is 12.1. The number of ketones is 2. The number of aryl methyl sites for hydroxylation is 2. The second-order valence-corrected chi connectivity index (χ2v) is 4.57. The van der Waals surface area contributed by atoms with Gasteiger partial charge >= 0.3 is 0 Å². The minimum atomic E-state index is -0.454. The molecule has 2 nitrogen and oxygen atoms in total. The van der Waals surface area contributed by atoms with Crippen molar-refractivity contribution in [2.24, 2.45) is 0 Å². The lowest BCUT2D eigenvalue weighted by molar-refractivity contribution is 0.0817. The first kappa shape index (κ1) is 13.2. The smallest absolute Gasteiger partial charge is 0.233 e. The van der Waals surface area contributed by atoms with E-state index in [1.165, 1.54) is 0 Å². The summed E-state index contributed by atoms with van der Waals surface area (Å²) in [6.07, 6.45) is 0.917. The molecule has 2 aromatic carbocycles. The Morgan fingerprint density at radius 2 is 1.21 bits per heavy atom. The lowest BCUT2D eigenvalue weighted by Crippen LogP contribution is -2.14. The summed E-state index contributed by atoms with van der Waals surface area (Å²) in [5.41, 5.74) is 3.11. The molecule has 0 bridgehead atoms. The lowest BCUT2D eigenvalue weighted by atomic mass is 9.99. The fourth-order valence-corrected chi connectivity index (χ4v) is 1.86. The molecule has 0 saturated carbocycles. The Morgan fingerprint density at radius 3 is 1.63 bits per heavy atom. The molecular weight excluding hydrogens is 236 g/mol. The summed E-state index contributed by atoms with van der Waals surface area (Å²) in [5, 5.41) is 0. The molecule has 0 aliphatic heterocycles. The van der Waals surface area contributed by atoms with Crippen LogP contribution in [0, 0.1) is 6.92 Å². The van der Waals surface area contributed by atoms with Crippen LogP contribution >= 0.6 is 0 Å². The topological polar surface area (TPSA) is 34.1 Å². The first-order valence-corrected chi connectivity index (χ1v) is 6.36. The number of benzene rings is 2. The van der Waals surface area contributed by atoms with Gasteiger partial charge in [-0.1, -0.05) is 61.0 Å². The third kappa shape index (κ3) is 2.97. The van der Waals surface area contributed by atoms with Crippen LogP contribution in [0.25, 0.3) is 0 Å². The number of carbonyl (C=O) groups is 2. The predicted molar refractivity (Wildman–Crippen MR) is 75.7 cm³/mol. The summed E-state index contributed by atoms with van der Waals surface area (Å²) in [6, 6.07) is 14.2. The number of Topliss-reactive ketones (excluding diaryl/α,β-unsaturated/α-hetero) is 2. The number of hydrogen-bond donors (Lipinski definition) is 0. The van der Waals surface area contributed by atoms with Gasteiger partial charge in [-0.05, 0) is 18.9 Å². The molecule has 2 aromatic rings. The van der Waals surface area contributed by atoms with E-state index in [4.69, 9.17) is 0 Å². The van der Waals surface area contributed by atoms with Crippen molar-refractivity contribution in [1.82, 2.24) is 0 Å². The Hall–Kier alpha value is -2.22. The van der Waals surface area contributed by atoms with E-state index in [9.17, 15) is 9.59 Å². The Labute approximate surface area is 113 Å². The van der Waals surface area contributed by atoms with Crippen molar-refractivity contribution in [2.75, 3.05) is 0 Å². The van der Waals surface area contributed by atoms with Gasteiger partial charge < -0.3 is 0 Å². The van der Waals surface area contributed by atoms with E-state index in [0.717, 1.165) is 17.5 Å². The van der Waals surface area contributed by atoms with Crippen LogP contribution in [0.5, 0.6) is 0 Å². The average molecular weight is 252 g/mol. The third-order valence-corrected chi connectivity index (χ3v) is 3.14. The van der Waals surface area contributed by atoms with Gasteiger partial charge in [0, 0.05) is 11.1 Å². The van der Waals surface area contributed by atoms with E-state index < -0.39 is 11.6 Å². The van der Waals surface area contributed by atoms with Crippen LogP contribution in [0.2, 0.25) is 0 Å². The van der Waals surface area contributed by atoms with Gasteiger partial charge in [0.25, 0.3) is 0 Å². The molecule has 0 amide bonds. The highest BCUT2D eigenvalue weighted by molar-refractivity contribution is 6.49. The SMILES string of the molecule is CCc1ccc(C(=O)C(=O)c2ccc(C)cc2)cc1. The lowest BCUT2D eigenvalue weighted by Gasteiger charge is -2.02. The molecule has 2 rings (SSSR count). The molecule has 0 N–H and O–H groups in total. The summed E-state index contributed by atoms with van der Waals surface area (Å²) in [7, 11) is 0. The van der Waals surface area contributed by atoms with Crippen LogP contribution in [0.15, 0.2) is 48.5 Å². The van der Waals surface area contributed by atoms with Gasteiger partial charge in [0.2, 0.25) is 11.6 Å². The molecular formula is C17H16O2. The van der Waals surface area contributed by atoms with E-state index in [1.807, 2.05) is 38.1 Å². The van der Waals surface area contributed by atoms with Crippen LogP contribution in [-0.4, -0.2) is 11.6 Å². The molecule has 0 aliphatic rings. The Morgan fingerprint density at radius 1 is 0.789 bits per heavy atom. The summed E-state index contributed by atoms with van der Waals surface area (Å²) >= 11 is 0. The van der Waals surface area contributed by atoms with E-state index in [-0.39, 0.29) is 0 Å². The van der Waals surface area contributed by atoms with Crippen molar-refractivity contribution in [1.29, 1.82) is 0 Å². The minimum Gasteiger partial charge on any atom is -0.285 e. The average Bonchev–Trinajstić information content (AvgIpc) is 2.46. The molecule has 2 heteroatoms. The molecule has 0 unspecified atom stereocenters.